The Morgan fingerprint density at radius 2 is 2.06 bits per heavy atom. The highest BCUT2D eigenvalue weighted by atomic mass is 79.9. The quantitative estimate of drug-likeness (QED) is 0.726. The summed E-state index contributed by atoms with van der Waals surface area (Å²) in [5.41, 5.74) is 0. The molecule has 1 rings (SSSR count). The van der Waals surface area contributed by atoms with Gasteiger partial charge in [0, 0.05) is 39.5 Å². The summed E-state index contributed by atoms with van der Waals surface area (Å²) in [4.78, 5) is 13.7. The average molecular weight is 328 g/mol. The van der Waals surface area contributed by atoms with E-state index in [1.165, 1.54) is 0 Å². The van der Waals surface area contributed by atoms with Crippen molar-refractivity contribution in [3.63, 3.8) is 0 Å². The third kappa shape index (κ3) is 4.80. The first-order valence-corrected chi connectivity index (χ1v) is 7.03. The van der Waals surface area contributed by atoms with Gasteiger partial charge in [0.1, 0.15) is 0 Å². The molecule has 0 aromatic carbocycles. The topological polar surface area (TPSA) is 29.5 Å². The summed E-state index contributed by atoms with van der Waals surface area (Å²) in [6.07, 6.45) is 0.223. The molecule has 1 aliphatic carbocycles. The van der Waals surface area contributed by atoms with Gasteiger partial charge < -0.3 is 9.64 Å². The zero-order valence-electron chi connectivity index (χ0n) is 10.8. The standard InChI is InChI=1S/C12H20BrF2NO2/c1-16(7-10(13)8-18-2)11(17)9-3-5-12(14,15)6-4-9/h9-10H,3-8H2,1-2H3. The highest BCUT2D eigenvalue weighted by Gasteiger charge is 2.38. The molecule has 0 saturated heterocycles. The molecule has 0 heterocycles. The van der Waals surface area contributed by atoms with Crippen LogP contribution in [0.15, 0.2) is 0 Å². The second-order valence-corrected chi connectivity index (χ2v) is 6.20. The number of amides is 1. The van der Waals surface area contributed by atoms with Gasteiger partial charge in [-0.05, 0) is 12.8 Å². The molecule has 0 bridgehead atoms. The minimum absolute atomic E-state index is 0.0361. The van der Waals surface area contributed by atoms with Gasteiger partial charge in [0.25, 0.3) is 0 Å². The number of ether oxygens (including phenoxy) is 1. The van der Waals surface area contributed by atoms with E-state index in [1.807, 2.05) is 0 Å². The van der Waals surface area contributed by atoms with Crippen molar-refractivity contribution in [1.29, 1.82) is 0 Å². The second kappa shape index (κ2) is 6.80. The lowest BCUT2D eigenvalue weighted by Crippen LogP contribution is -2.40. The largest absolute Gasteiger partial charge is 0.383 e. The SMILES string of the molecule is COCC(Br)CN(C)C(=O)C1CCC(F)(F)CC1. The molecule has 0 aromatic heterocycles. The van der Waals surface area contributed by atoms with Gasteiger partial charge in [-0.1, -0.05) is 15.9 Å². The molecule has 1 fully saturated rings. The zero-order valence-corrected chi connectivity index (χ0v) is 12.4. The van der Waals surface area contributed by atoms with Crippen molar-refractivity contribution in [1.82, 2.24) is 4.90 Å². The highest BCUT2D eigenvalue weighted by molar-refractivity contribution is 9.09. The Morgan fingerprint density at radius 3 is 2.56 bits per heavy atom. The van der Waals surface area contributed by atoms with Crippen molar-refractivity contribution in [3.8, 4) is 0 Å². The van der Waals surface area contributed by atoms with Gasteiger partial charge in [-0.25, -0.2) is 8.78 Å². The summed E-state index contributed by atoms with van der Waals surface area (Å²) in [6.45, 7) is 1.04. The van der Waals surface area contributed by atoms with Crippen LogP contribution in [0.4, 0.5) is 8.78 Å². The Bertz CT molecular complexity index is 279. The molecule has 1 unspecified atom stereocenters. The summed E-state index contributed by atoms with van der Waals surface area (Å²) in [5, 5.41) is 0. The molecule has 0 N–H and O–H groups in total. The van der Waals surface area contributed by atoms with Gasteiger partial charge in [-0.2, -0.15) is 0 Å². The van der Waals surface area contributed by atoms with Crippen LogP contribution in [0.25, 0.3) is 0 Å². The fraction of sp³-hybridized carbons (Fsp3) is 0.917. The van der Waals surface area contributed by atoms with Crippen LogP contribution in [0.1, 0.15) is 25.7 Å². The molecule has 1 amide bonds. The molecule has 18 heavy (non-hydrogen) atoms. The molecule has 3 nitrogen and oxygen atoms in total. The van der Waals surface area contributed by atoms with Crippen LogP contribution in [0.3, 0.4) is 0 Å². The van der Waals surface area contributed by atoms with Crippen molar-refractivity contribution >= 4 is 21.8 Å². The maximum absolute atomic E-state index is 13.0. The van der Waals surface area contributed by atoms with Crippen molar-refractivity contribution in [2.45, 2.75) is 36.4 Å². The number of alkyl halides is 3. The fourth-order valence-electron chi connectivity index (χ4n) is 2.22. The first kappa shape index (κ1) is 15.8. The smallest absolute Gasteiger partial charge is 0.248 e. The predicted molar refractivity (Wildman–Crippen MR) is 69.1 cm³/mol. The minimum atomic E-state index is -2.58. The lowest BCUT2D eigenvalue weighted by Gasteiger charge is -2.31. The Labute approximate surface area is 115 Å². The second-order valence-electron chi connectivity index (χ2n) is 4.90. The zero-order chi connectivity index (χ0) is 13.8. The first-order chi connectivity index (χ1) is 8.35. The van der Waals surface area contributed by atoms with Gasteiger partial charge in [-0.15, -0.1) is 0 Å². The first-order valence-electron chi connectivity index (χ1n) is 6.11. The van der Waals surface area contributed by atoms with Crippen molar-refractivity contribution in [2.24, 2.45) is 5.92 Å². The number of hydrogen-bond acceptors (Lipinski definition) is 2. The van der Waals surface area contributed by atoms with E-state index in [-0.39, 0.29) is 42.3 Å². The van der Waals surface area contributed by atoms with E-state index in [1.54, 1.807) is 19.1 Å². The molecule has 0 aromatic rings. The maximum Gasteiger partial charge on any atom is 0.248 e. The average Bonchev–Trinajstić information content (AvgIpc) is 2.28. The third-order valence-corrected chi connectivity index (χ3v) is 3.82. The number of nitrogens with zero attached hydrogens (tertiary/aromatic N) is 1. The lowest BCUT2D eigenvalue weighted by atomic mass is 9.86. The van der Waals surface area contributed by atoms with Crippen molar-refractivity contribution in [3.05, 3.63) is 0 Å². The fourth-order valence-corrected chi connectivity index (χ4v) is 2.92. The van der Waals surface area contributed by atoms with E-state index < -0.39 is 5.92 Å². The molecule has 1 atom stereocenters. The number of carbonyl (C=O) groups is 1. The molecule has 0 aliphatic heterocycles. The van der Waals surface area contributed by atoms with Crippen molar-refractivity contribution < 1.29 is 18.3 Å². The van der Waals surface area contributed by atoms with Crippen LogP contribution in [-0.2, 0) is 9.53 Å². The van der Waals surface area contributed by atoms with E-state index in [9.17, 15) is 13.6 Å². The molecule has 0 spiro atoms. The van der Waals surface area contributed by atoms with Crippen LogP contribution in [0.2, 0.25) is 0 Å². The van der Waals surface area contributed by atoms with Crippen LogP contribution in [0, 0.1) is 5.92 Å². The highest BCUT2D eigenvalue weighted by Crippen LogP contribution is 2.36. The van der Waals surface area contributed by atoms with E-state index in [4.69, 9.17) is 4.74 Å². The Morgan fingerprint density at radius 1 is 1.50 bits per heavy atom. The van der Waals surface area contributed by atoms with Crippen molar-refractivity contribution in [2.75, 3.05) is 27.3 Å². The van der Waals surface area contributed by atoms with Crippen LogP contribution < -0.4 is 0 Å². The molecule has 0 radical (unpaired) electrons. The van der Waals surface area contributed by atoms with E-state index in [2.05, 4.69) is 15.9 Å². The summed E-state index contributed by atoms with van der Waals surface area (Å²) in [5.74, 6) is -2.87. The summed E-state index contributed by atoms with van der Waals surface area (Å²) in [7, 11) is 3.30. The number of carbonyl (C=O) groups excluding carboxylic acids is 1. The Balaban J connectivity index is 2.40. The van der Waals surface area contributed by atoms with Crippen LogP contribution in [0.5, 0.6) is 0 Å². The molecular formula is C12H20BrF2NO2. The Kier molecular flexibility index (Phi) is 5.98. The number of hydrogen-bond donors (Lipinski definition) is 0. The van der Waals surface area contributed by atoms with Gasteiger partial charge in [0.05, 0.1) is 11.4 Å². The molecule has 1 saturated carbocycles. The Hall–Kier alpha value is -0.230. The molecule has 106 valence electrons. The number of halogens is 3. The number of methoxy groups -OCH3 is 1. The van der Waals surface area contributed by atoms with E-state index in [0.717, 1.165) is 0 Å². The summed E-state index contributed by atoms with van der Waals surface area (Å²) < 4.78 is 31.0. The van der Waals surface area contributed by atoms with Crippen LogP contribution >= 0.6 is 15.9 Å². The molecule has 6 heteroatoms. The maximum atomic E-state index is 13.0. The van der Waals surface area contributed by atoms with E-state index in [0.29, 0.717) is 13.2 Å². The van der Waals surface area contributed by atoms with Gasteiger partial charge in [-0.3, -0.25) is 4.79 Å². The van der Waals surface area contributed by atoms with Gasteiger partial charge in [0.2, 0.25) is 11.8 Å². The monoisotopic (exact) mass is 327 g/mol. The third-order valence-electron chi connectivity index (χ3n) is 3.26. The number of rotatable bonds is 5. The minimum Gasteiger partial charge on any atom is -0.383 e. The van der Waals surface area contributed by atoms with Crippen LogP contribution in [-0.4, -0.2) is 48.9 Å². The predicted octanol–water partition coefficient (Wildman–Crippen LogP) is 2.68. The summed E-state index contributed by atoms with van der Waals surface area (Å²) in [6, 6.07) is 0. The lowest BCUT2D eigenvalue weighted by molar-refractivity contribution is -0.138. The summed E-state index contributed by atoms with van der Waals surface area (Å²) >= 11 is 3.41. The van der Waals surface area contributed by atoms with E-state index >= 15 is 0 Å². The molecular weight excluding hydrogens is 308 g/mol. The van der Waals surface area contributed by atoms with Gasteiger partial charge >= 0.3 is 0 Å². The molecule has 1 aliphatic rings. The van der Waals surface area contributed by atoms with Gasteiger partial charge in [0.15, 0.2) is 0 Å². The normalized spacial score (nSPS) is 21.6.